The van der Waals surface area contributed by atoms with E-state index in [1.54, 1.807) is 48.5 Å². The van der Waals surface area contributed by atoms with E-state index in [4.69, 9.17) is 9.47 Å². The molecule has 0 saturated heterocycles. The van der Waals surface area contributed by atoms with Gasteiger partial charge in [0.2, 0.25) is 0 Å². The summed E-state index contributed by atoms with van der Waals surface area (Å²) >= 11 is 0. The summed E-state index contributed by atoms with van der Waals surface area (Å²) in [6.07, 6.45) is 0. The summed E-state index contributed by atoms with van der Waals surface area (Å²) in [6, 6.07) is 33.1. The van der Waals surface area contributed by atoms with Crippen molar-refractivity contribution >= 4 is 16.7 Å². The maximum atomic E-state index is 13.1. The van der Waals surface area contributed by atoms with Crippen molar-refractivity contribution in [1.82, 2.24) is 9.78 Å². The molecule has 0 atom stereocenters. The highest BCUT2D eigenvalue weighted by molar-refractivity contribution is 6.02. The summed E-state index contributed by atoms with van der Waals surface area (Å²) in [4.78, 5) is 26.1. The maximum absolute atomic E-state index is 13.1. The highest BCUT2D eigenvalue weighted by Gasteiger charge is 2.19. The molecule has 1 heterocycles. The summed E-state index contributed by atoms with van der Waals surface area (Å²) < 4.78 is 12.7. The molecule has 1 aromatic heterocycles. The fraction of sp³-hybridized carbons (Fsp3) is 0.0690. The molecule has 0 unspecified atom stereocenters. The first-order valence-corrected chi connectivity index (χ1v) is 11.2. The summed E-state index contributed by atoms with van der Waals surface area (Å²) in [7, 11) is 0. The van der Waals surface area contributed by atoms with Crippen LogP contribution in [0.2, 0.25) is 0 Å². The molecular formula is C29H22N2O4. The standard InChI is InChI=1S/C29H22N2O4/c32-28-26-14-8-7-13-25(26)27(30-31(28)19-21-9-3-1-4-10-21)29(33)35-24-17-15-23(16-18-24)34-20-22-11-5-2-6-12-22/h1-18H,19-20H2. The van der Waals surface area contributed by atoms with Gasteiger partial charge in [0.25, 0.3) is 5.56 Å². The molecule has 0 spiro atoms. The lowest BCUT2D eigenvalue weighted by Crippen LogP contribution is -2.27. The zero-order valence-corrected chi connectivity index (χ0v) is 18.8. The normalized spacial score (nSPS) is 10.7. The summed E-state index contributed by atoms with van der Waals surface area (Å²) in [6.45, 7) is 0.692. The Morgan fingerprint density at radius 2 is 1.26 bits per heavy atom. The van der Waals surface area contributed by atoms with Gasteiger partial charge in [0.15, 0.2) is 5.69 Å². The van der Waals surface area contributed by atoms with Gasteiger partial charge < -0.3 is 9.47 Å². The molecule has 0 aliphatic rings. The Bertz CT molecular complexity index is 1510. The van der Waals surface area contributed by atoms with Crippen molar-refractivity contribution in [2.24, 2.45) is 0 Å². The molecule has 172 valence electrons. The minimum Gasteiger partial charge on any atom is -0.489 e. The van der Waals surface area contributed by atoms with Gasteiger partial charge in [-0.15, -0.1) is 0 Å². The van der Waals surface area contributed by atoms with Gasteiger partial charge >= 0.3 is 5.97 Å². The number of carbonyl (C=O) groups excluding carboxylic acids is 1. The van der Waals surface area contributed by atoms with Gasteiger partial charge in [0.1, 0.15) is 18.1 Å². The van der Waals surface area contributed by atoms with Gasteiger partial charge in [-0.1, -0.05) is 78.9 Å². The van der Waals surface area contributed by atoms with Gasteiger partial charge in [-0.25, -0.2) is 9.48 Å². The van der Waals surface area contributed by atoms with E-state index < -0.39 is 5.97 Å². The zero-order valence-electron chi connectivity index (χ0n) is 18.8. The third-order valence-corrected chi connectivity index (χ3v) is 5.52. The quantitative estimate of drug-likeness (QED) is 0.244. The van der Waals surface area contributed by atoms with E-state index in [2.05, 4.69) is 5.10 Å². The number of hydrogen-bond acceptors (Lipinski definition) is 5. The van der Waals surface area contributed by atoms with Crippen molar-refractivity contribution in [3.63, 3.8) is 0 Å². The number of nitrogens with zero attached hydrogens (tertiary/aromatic N) is 2. The van der Waals surface area contributed by atoms with Gasteiger partial charge in [0, 0.05) is 5.39 Å². The van der Waals surface area contributed by atoms with Crippen LogP contribution in [-0.4, -0.2) is 15.7 Å². The van der Waals surface area contributed by atoms with Crippen molar-refractivity contribution in [3.05, 3.63) is 136 Å². The highest BCUT2D eigenvalue weighted by Crippen LogP contribution is 2.21. The monoisotopic (exact) mass is 462 g/mol. The lowest BCUT2D eigenvalue weighted by Gasteiger charge is -2.11. The van der Waals surface area contributed by atoms with E-state index in [-0.39, 0.29) is 17.8 Å². The average Bonchev–Trinajstić information content (AvgIpc) is 2.91. The van der Waals surface area contributed by atoms with Crippen LogP contribution in [0.4, 0.5) is 0 Å². The number of hydrogen-bond donors (Lipinski definition) is 0. The second-order valence-corrected chi connectivity index (χ2v) is 7.98. The minimum absolute atomic E-state index is 0.0838. The lowest BCUT2D eigenvalue weighted by molar-refractivity contribution is 0.0728. The largest absolute Gasteiger partial charge is 0.489 e. The SMILES string of the molecule is O=C(Oc1ccc(OCc2ccccc2)cc1)c1nn(Cc2ccccc2)c(=O)c2ccccc12. The Morgan fingerprint density at radius 3 is 1.94 bits per heavy atom. The average molecular weight is 463 g/mol. The molecule has 0 bridgehead atoms. The van der Waals surface area contributed by atoms with Crippen LogP contribution in [0.3, 0.4) is 0 Å². The van der Waals surface area contributed by atoms with Crippen LogP contribution >= 0.6 is 0 Å². The Kier molecular flexibility index (Phi) is 6.35. The molecular weight excluding hydrogens is 440 g/mol. The van der Waals surface area contributed by atoms with Crippen molar-refractivity contribution in [2.75, 3.05) is 0 Å². The molecule has 5 rings (SSSR count). The number of carbonyl (C=O) groups is 1. The molecule has 4 aromatic carbocycles. The summed E-state index contributed by atoms with van der Waals surface area (Å²) in [5, 5.41) is 5.24. The van der Waals surface area contributed by atoms with E-state index in [9.17, 15) is 9.59 Å². The fourth-order valence-electron chi connectivity index (χ4n) is 3.75. The first kappa shape index (κ1) is 22.1. The Balaban J connectivity index is 1.37. The van der Waals surface area contributed by atoms with Crippen LogP contribution in [0.25, 0.3) is 10.8 Å². The third kappa shape index (κ3) is 5.12. The van der Waals surface area contributed by atoms with Gasteiger partial charge in [0.05, 0.1) is 11.9 Å². The van der Waals surface area contributed by atoms with Crippen LogP contribution in [0, 0.1) is 0 Å². The number of esters is 1. The van der Waals surface area contributed by atoms with E-state index >= 15 is 0 Å². The predicted molar refractivity (Wildman–Crippen MR) is 134 cm³/mol. The number of aromatic nitrogens is 2. The molecule has 5 aromatic rings. The first-order chi connectivity index (χ1) is 17.2. The van der Waals surface area contributed by atoms with Gasteiger partial charge in [-0.2, -0.15) is 5.10 Å². The molecule has 6 nitrogen and oxygen atoms in total. The number of benzene rings is 4. The molecule has 0 fully saturated rings. The number of ether oxygens (including phenoxy) is 2. The van der Waals surface area contributed by atoms with E-state index in [0.29, 0.717) is 28.9 Å². The minimum atomic E-state index is -0.638. The molecule has 0 saturated carbocycles. The summed E-state index contributed by atoms with van der Waals surface area (Å²) in [5.41, 5.74) is 1.79. The topological polar surface area (TPSA) is 70.4 Å². The number of rotatable bonds is 7. The second kappa shape index (κ2) is 10.1. The molecule has 0 radical (unpaired) electrons. The fourth-order valence-corrected chi connectivity index (χ4v) is 3.75. The molecule has 35 heavy (non-hydrogen) atoms. The number of fused-ring (bicyclic) bond motifs is 1. The molecule has 6 heteroatoms. The van der Waals surface area contributed by atoms with E-state index in [1.165, 1.54) is 4.68 Å². The lowest BCUT2D eigenvalue weighted by atomic mass is 10.1. The predicted octanol–water partition coefficient (Wildman–Crippen LogP) is 5.24. The van der Waals surface area contributed by atoms with Crippen LogP contribution in [-0.2, 0) is 13.2 Å². The van der Waals surface area contributed by atoms with Crippen LogP contribution in [0.5, 0.6) is 11.5 Å². The Hall–Kier alpha value is -4.71. The maximum Gasteiger partial charge on any atom is 0.364 e. The molecule has 0 N–H and O–H groups in total. The van der Waals surface area contributed by atoms with Crippen molar-refractivity contribution < 1.29 is 14.3 Å². The molecule has 0 aliphatic heterocycles. The van der Waals surface area contributed by atoms with E-state index in [1.807, 2.05) is 60.7 Å². The zero-order chi connectivity index (χ0) is 24.0. The third-order valence-electron chi connectivity index (χ3n) is 5.52. The Labute approximate surface area is 202 Å². The van der Waals surface area contributed by atoms with Crippen LogP contribution < -0.4 is 15.0 Å². The van der Waals surface area contributed by atoms with Crippen LogP contribution in [0.15, 0.2) is 114 Å². The van der Waals surface area contributed by atoms with Gasteiger partial charge in [-0.3, -0.25) is 4.79 Å². The highest BCUT2D eigenvalue weighted by atomic mass is 16.5. The summed E-state index contributed by atoms with van der Waals surface area (Å²) in [5.74, 6) is 0.378. The molecule has 0 amide bonds. The Morgan fingerprint density at radius 1 is 0.686 bits per heavy atom. The van der Waals surface area contributed by atoms with Crippen LogP contribution in [0.1, 0.15) is 21.6 Å². The molecule has 0 aliphatic carbocycles. The first-order valence-electron chi connectivity index (χ1n) is 11.2. The van der Waals surface area contributed by atoms with Gasteiger partial charge in [-0.05, 0) is 41.5 Å². The van der Waals surface area contributed by atoms with Crippen molar-refractivity contribution in [2.45, 2.75) is 13.2 Å². The van der Waals surface area contributed by atoms with Crippen molar-refractivity contribution in [3.8, 4) is 11.5 Å². The smallest absolute Gasteiger partial charge is 0.364 e. The van der Waals surface area contributed by atoms with E-state index in [0.717, 1.165) is 11.1 Å². The van der Waals surface area contributed by atoms with Crippen molar-refractivity contribution in [1.29, 1.82) is 0 Å². The second-order valence-electron chi connectivity index (χ2n) is 7.98.